The summed E-state index contributed by atoms with van der Waals surface area (Å²) in [6, 6.07) is 7.32. The van der Waals surface area contributed by atoms with E-state index in [4.69, 9.17) is 4.74 Å². The maximum absolute atomic E-state index is 11.9. The Kier molecular flexibility index (Phi) is 6.02. The monoisotopic (exact) mass is 292 g/mol. The van der Waals surface area contributed by atoms with Crippen molar-refractivity contribution in [2.75, 3.05) is 25.5 Å². The van der Waals surface area contributed by atoms with Crippen molar-refractivity contribution in [3.05, 3.63) is 24.3 Å². The topological polar surface area (TPSA) is 70.6 Å². The van der Waals surface area contributed by atoms with Crippen LogP contribution < -0.4 is 15.4 Å². The molecule has 1 aromatic carbocycles. The number of anilines is 1. The minimum Gasteiger partial charge on any atom is -0.495 e. The molecule has 0 heterocycles. The molecule has 21 heavy (non-hydrogen) atoms. The third-order valence-corrected chi connectivity index (χ3v) is 3.94. The van der Waals surface area contributed by atoms with Crippen LogP contribution in [0.15, 0.2) is 24.3 Å². The zero-order chi connectivity index (χ0) is 15.1. The van der Waals surface area contributed by atoms with E-state index in [2.05, 4.69) is 10.6 Å². The smallest absolute Gasteiger partial charge is 0.238 e. The highest BCUT2D eigenvalue weighted by Crippen LogP contribution is 2.24. The molecule has 1 aliphatic carbocycles. The van der Waals surface area contributed by atoms with Gasteiger partial charge in [-0.25, -0.2) is 0 Å². The zero-order valence-electron chi connectivity index (χ0n) is 12.5. The minimum atomic E-state index is -0.233. The highest BCUT2D eigenvalue weighted by Gasteiger charge is 2.22. The maximum Gasteiger partial charge on any atom is 0.238 e. The van der Waals surface area contributed by atoms with Gasteiger partial charge in [0.15, 0.2) is 0 Å². The second-order valence-corrected chi connectivity index (χ2v) is 5.49. The molecule has 0 spiro atoms. The van der Waals surface area contributed by atoms with Gasteiger partial charge in [0.05, 0.1) is 25.4 Å². The Bertz CT molecular complexity index is 465. The minimum absolute atomic E-state index is 0.107. The molecule has 116 valence electrons. The van der Waals surface area contributed by atoms with Crippen molar-refractivity contribution in [2.45, 2.75) is 31.8 Å². The van der Waals surface area contributed by atoms with Gasteiger partial charge in [0.1, 0.15) is 5.75 Å². The Morgan fingerprint density at radius 1 is 1.33 bits per heavy atom. The third kappa shape index (κ3) is 4.72. The number of carbonyl (C=O) groups excluding carboxylic acids is 1. The number of aliphatic hydroxyl groups is 1. The number of aliphatic hydroxyl groups excluding tert-OH is 1. The fourth-order valence-electron chi connectivity index (χ4n) is 2.74. The van der Waals surface area contributed by atoms with Gasteiger partial charge in [-0.15, -0.1) is 0 Å². The van der Waals surface area contributed by atoms with Crippen molar-refractivity contribution in [3.63, 3.8) is 0 Å². The van der Waals surface area contributed by atoms with Crippen molar-refractivity contribution in [1.29, 1.82) is 0 Å². The van der Waals surface area contributed by atoms with Gasteiger partial charge in [-0.05, 0) is 30.9 Å². The highest BCUT2D eigenvalue weighted by atomic mass is 16.5. The van der Waals surface area contributed by atoms with Crippen LogP contribution in [0.2, 0.25) is 0 Å². The number of rotatable bonds is 6. The summed E-state index contributed by atoms with van der Waals surface area (Å²) < 4.78 is 5.19. The standard InChI is InChI=1S/C16H24N2O3/c1-21-15-9-5-3-7-13(15)18-16(20)11-17-10-12-6-2-4-8-14(12)19/h3,5,7,9,12,14,17,19H,2,4,6,8,10-11H2,1H3,(H,18,20). The number of hydrogen-bond acceptors (Lipinski definition) is 4. The van der Waals surface area contributed by atoms with Crippen LogP contribution in [0.1, 0.15) is 25.7 Å². The molecule has 1 aliphatic rings. The van der Waals surface area contributed by atoms with Crippen molar-refractivity contribution in [1.82, 2.24) is 5.32 Å². The summed E-state index contributed by atoms with van der Waals surface area (Å²) in [5.74, 6) is 0.802. The average molecular weight is 292 g/mol. The molecule has 0 aliphatic heterocycles. The lowest BCUT2D eigenvalue weighted by Crippen LogP contribution is -2.37. The van der Waals surface area contributed by atoms with Crippen LogP contribution >= 0.6 is 0 Å². The zero-order valence-corrected chi connectivity index (χ0v) is 12.5. The largest absolute Gasteiger partial charge is 0.495 e. The van der Waals surface area contributed by atoms with E-state index in [1.165, 1.54) is 0 Å². The predicted molar refractivity (Wildman–Crippen MR) is 82.5 cm³/mol. The van der Waals surface area contributed by atoms with Gasteiger partial charge in [0.2, 0.25) is 5.91 Å². The van der Waals surface area contributed by atoms with Gasteiger partial charge in [0, 0.05) is 6.54 Å². The summed E-state index contributed by atoms with van der Waals surface area (Å²) in [4.78, 5) is 11.9. The molecule has 0 aromatic heterocycles. The predicted octanol–water partition coefficient (Wildman–Crippen LogP) is 1.77. The first-order valence-corrected chi connectivity index (χ1v) is 7.52. The summed E-state index contributed by atoms with van der Waals surface area (Å²) >= 11 is 0. The van der Waals surface area contributed by atoms with Crippen LogP contribution in [-0.4, -0.2) is 37.3 Å². The van der Waals surface area contributed by atoms with Crippen LogP contribution in [0.5, 0.6) is 5.75 Å². The molecule has 5 heteroatoms. The van der Waals surface area contributed by atoms with Crippen LogP contribution in [-0.2, 0) is 4.79 Å². The fourth-order valence-corrected chi connectivity index (χ4v) is 2.74. The first-order valence-electron chi connectivity index (χ1n) is 7.52. The number of amides is 1. The summed E-state index contributed by atoms with van der Waals surface area (Å²) in [5, 5.41) is 15.8. The van der Waals surface area contributed by atoms with Gasteiger partial charge < -0.3 is 20.5 Å². The Labute approximate surface area is 125 Å². The molecule has 2 atom stereocenters. The first-order chi connectivity index (χ1) is 10.2. The maximum atomic E-state index is 11.9. The van der Waals surface area contributed by atoms with E-state index in [1.807, 2.05) is 18.2 Å². The van der Waals surface area contributed by atoms with Crippen molar-refractivity contribution >= 4 is 11.6 Å². The normalized spacial score (nSPS) is 21.8. The SMILES string of the molecule is COc1ccccc1NC(=O)CNCC1CCCCC1O. The molecule has 1 fully saturated rings. The summed E-state index contributed by atoms with van der Waals surface area (Å²) in [6.45, 7) is 0.918. The van der Waals surface area contributed by atoms with Gasteiger partial charge in [-0.2, -0.15) is 0 Å². The van der Waals surface area contributed by atoms with Crippen LogP contribution in [0.25, 0.3) is 0 Å². The van der Waals surface area contributed by atoms with E-state index < -0.39 is 0 Å². The molecule has 2 rings (SSSR count). The van der Waals surface area contributed by atoms with E-state index >= 15 is 0 Å². The van der Waals surface area contributed by atoms with Crippen molar-refractivity contribution < 1.29 is 14.6 Å². The Balaban J connectivity index is 1.74. The van der Waals surface area contributed by atoms with E-state index in [0.29, 0.717) is 18.0 Å². The molecule has 5 nitrogen and oxygen atoms in total. The molecule has 1 saturated carbocycles. The second-order valence-electron chi connectivity index (χ2n) is 5.49. The molecule has 1 aromatic rings. The molecule has 0 bridgehead atoms. The molecular formula is C16H24N2O3. The summed E-state index contributed by atoms with van der Waals surface area (Å²) in [6.07, 6.45) is 3.94. The highest BCUT2D eigenvalue weighted by molar-refractivity contribution is 5.93. The second kappa shape index (κ2) is 8.00. The van der Waals surface area contributed by atoms with Crippen molar-refractivity contribution in [2.24, 2.45) is 5.92 Å². The number of hydrogen-bond donors (Lipinski definition) is 3. The summed E-state index contributed by atoms with van der Waals surface area (Å²) in [7, 11) is 1.58. The van der Waals surface area contributed by atoms with E-state index in [1.54, 1.807) is 13.2 Å². The molecule has 0 saturated heterocycles. The Morgan fingerprint density at radius 2 is 2.10 bits per heavy atom. The average Bonchev–Trinajstić information content (AvgIpc) is 2.50. The molecular weight excluding hydrogens is 268 g/mol. The third-order valence-electron chi connectivity index (χ3n) is 3.94. The van der Waals surface area contributed by atoms with Gasteiger partial charge in [0.25, 0.3) is 0 Å². The molecule has 0 radical (unpaired) electrons. The van der Waals surface area contributed by atoms with Gasteiger partial charge >= 0.3 is 0 Å². The lowest BCUT2D eigenvalue weighted by Gasteiger charge is -2.27. The Morgan fingerprint density at radius 3 is 2.86 bits per heavy atom. The molecule has 3 N–H and O–H groups in total. The number of methoxy groups -OCH3 is 1. The van der Waals surface area contributed by atoms with E-state index in [9.17, 15) is 9.90 Å². The van der Waals surface area contributed by atoms with Crippen LogP contribution in [0, 0.1) is 5.92 Å². The lowest BCUT2D eigenvalue weighted by molar-refractivity contribution is -0.115. The number of carbonyl (C=O) groups is 1. The van der Waals surface area contributed by atoms with E-state index in [0.717, 1.165) is 25.7 Å². The number of nitrogens with one attached hydrogen (secondary N) is 2. The molecule has 2 unspecified atom stereocenters. The number of ether oxygens (including phenoxy) is 1. The number of benzene rings is 1. The Hall–Kier alpha value is -1.59. The van der Waals surface area contributed by atoms with Gasteiger partial charge in [-0.1, -0.05) is 25.0 Å². The quantitative estimate of drug-likeness (QED) is 0.747. The van der Waals surface area contributed by atoms with Crippen LogP contribution in [0.4, 0.5) is 5.69 Å². The van der Waals surface area contributed by atoms with Gasteiger partial charge in [-0.3, -0.25) is 4.79 Å². The lowest BCUT2D eigenvalue weighted by atomic mass is 9.86. The van der Waals surface area contributed by atoms with E-state index in [-0.39, 0.29) is 24.5 Å². The molecule has 1 amide bonds. The first kappa shape index (κ1) is 15.8. The van der Waals surface area contributed by atoms with Crippen molar-refractivity contribution in [3.8, 4) is 5.75 Å². The fraction of sp³-hybridized carbons (Fsp3) is 0.562. The number of para-hydroxylation sites is 2. The summed E-state index contributed by atoms with van der Waals surface area (Å²) in [5.41, 5.74) is 0.671. The van der Waals surface area contributed by atoms with Crippen LogP contribution in [0.3, 0.4) is 0 Å².